The van der Waals surface area contributed by atoms with Crippen LogP contribution in [0.25, 0.3) is 0 Å². The molecule has 0 N–H and O–H groups in total. The molecule has 0 bridgehead atoms. The van der Waals surface area contributed by atoms with E-state index in [2.05, 4.69) is 89.5 Å². The normalized spacial score (nSPS) is 20.2. The van der Waals surface area contributed by atoms with Crippen LogP contribution in [0.3, 0.4) is 0 Å². The third-order valence-corrected chi connectivity index (χ3v) is 9.48. The molecule has 0 saturated carbocycles. The third-order valence-electron chi connectivity index (χ3n) is 5.47. The molecule has 1 atom stereocenters. The van der Waals surface area contributed by atoms with Crippen LogP contribution in [-0.4, -0.2) is 16.0 Å². The van der Waals surface area contributed by atoms with Crippen molar-refractivity contribution in [2.75, 3.05) is 0 Å². The van der Waals surface area contributed by atoms with Gasteiger partial charge in [-0.2, -0.15) is 6.92 Å². The van der Waals surface area contributed by atoms with Crippen molar-refractivity contribution < 1.29 is 25.8 Å². The van der Waals surface area contributed by atoms with E-state index in [1.807, 2.05) is 0 Å². The van der Waals surface area contributed by atoms with Crippen LogP contribution in [0.4, 0.5) is 0 Å². The molecule has 0 radical (unpaired) electrons. The minimum Gasteiger partial charge on any atom is -0.320 e. The van der Waals surface area contributed by atoms with Gasteiger partial charge in [0.15, 0.2) is 0 Å². The van der Waals surface area contributed by atoms with Gasteiger partial charge < -0.3 is 6.42 Å². The fraction of sp³-hybridized carbons (Fsp3) is 0.762. The number of allylic oxidation sites excluding steroid dienone is 4. The standard InChI is InChI=1S/C21H38P.Hf/c1-13-17(22(19(5,6)7)20(8,9)10)18-15(3)14(2)16(4)21(18,11)12;/h13,17H,1-12H3;/q-1;. The second-order valence-electron chi connectivity index (χ2n) is 9.40. The second-order valence-corrected chi connectivity index (χ2v) is 13.4. The third kappa shape index (κ3) is 4.50. The van der Waals surface area contributed by atoms with Crippen LogP contribution in [-0.2, 0) is 25.8 Å². The summed E-state index contributed by atoms with van der Waals surface area (Å²) in [5.74, 6) is 0. The molecule has 0 saturated heterocycles. The van der Waals surface area contributed by atoms with Gasteiger partial charge >= 0.3 is 0 Å². The molecule has 2 heteroatoms. The van der Waals surface area contributed by atoms with Crippen LogP contribution in [0.1, 0.15) is 83.1 Å². The second kappa shape index (κ2) is 7.57. The minimum atomic E-state index is -0.181. The van der Waals surface area contributed by atoms with Gasteiger partial charge in [0.05, 0.1) is 0 Å². The monoisotopic (exact) mass is 501 g/mol. The van der Waals surface area contributed by atoms with E-state index >= 15 is 0 Å². The maximum atomic E-state index is 2.49. The van der Waals surface area contributed by atoms with Crippen LogP contribution >= 0.6 is 7.92 Å². The van der Waals surface area contributed by atoms with Gasteiger partial charge in [-0.05, 0) is 36.7 Å². The van der Waals surface area contributed by atoms with Gasteiger partial charge in [0, 0.05) is 31.3 Å². The fourth-order valence-electron chi connectivity index (χ4n) is 4.50. The summed E-state index contributed by atoms with van der Waals surface area (Å²) in [6, 6.07) is 0. The van der Waals surface area contributed by atoms with Crippen molar-refractivity contribution in [3.63, 3.8) is 0 Å². The summed E-state index contributed by atoms with van der Waals surface area (Å²) in [6.07, 6.45) is 2.49. The summed E-state index contributed by atoms with van der Waals surface area (Å²) >= 11 is 0. The molecule has 0 aliphatic heterocycles. The molecule has 1 aliphatic carbocycles. The maximum Gasteiger partial charge on any atom is 0.00531 e. The molecule has 0 spiro atoms. The van der Waals surface area contributed by atoms with E-state index < -0.39 is 0 Å². The van der Waals surface area contributed by atoms with Crippen molar-refractivity contribution in [3.05, 3.63) is 28.7 Å². The van der Waals surface area contributed by atoms with Gasteiger partial charge in [-0.3, -0.25) is 0 Å². The Kier molecular flexibility index (Phi) is 7.83. The molecular weight excluding hydrogens is 462 g/mol. The molecule has 1 aliphatic rings. The van der Waals surface area contributed by atoms with Crippen LogP contribution in [0.2, 0.25) is 0 Å². The predicted molar refractivity (Wildman–Crippen MR) is 105 cm³/mol. The summed E-state index contributed by atoms with van der Waals surface area (Å²) in [4.78, 5) is 0. The molecule has 0 nitrogen and oxygen atoms in total. The molecule has 0 aromatic heterocycles. The van der Waals surface area contributed by atoms with Crippen LogP contribution in [0.15, 0.2) is 22.3 Å². The Hall–Kier alpha value is 0.780. The van der Waals surface area contributed by atoms with Crippen LogP contribution in [0, 0.1) is 11.8 Å². The van der Waals surface area contributed by atoms with Crippen LogP contribution < -0.4 is 0 Å². The van der Waals surface area contributed by atoms with E-state index in [4.69, 9.17) is 0 Å². The van der Waals surface area contributed by atoms with Gasteiger partial charge in [-0.15, -0.1) is 13.6 Å². The van der Waals surface area contributed by atoms with Crippen LogP contribution in [0.5, 0.6) is 0 Å². The van der Waals surface area contributed by atoms with Gasteiger partial charge in [-0.1, -0.05) is 72.1 Å². The first kappa shape index (κ1) is 23.8. The first-order valence-corrected chi connectivity index (χ1v) is 10.1. The first-order chi connectivity index (χ1) is 9.67. The molecule has 0 fully saturated rings. The summed E-state index contributed by atoms with van der Waals surface area (Å²) < 4.78 is 0. The van der Waals surface area contributed by atoms with E-state index in [1.165, 1.54) is 5.57 Å². The summed E-state index contributed by atoms with van der Waals surface area (Å²) in [7, 11) is -0.181. The zero-order valence-electron chi connectivity index (χ0n) is 17.6. The Morgan fingerprint density at radius 2 is 1.26 bits per heavy atom. The number of hydrogen-bond donors (Lipinski definition) is 0. The SMILES string of the molecule is C[CH-]C(C1=C(C)C(C)=C(C)C1(C)C)P(C(C)(C)C)C(C)(C)C.[Hf]. The molecule has 1 unspecified atom stereocenters. The van der Waals surface area contributed by atoms with Crippen molar-refractivity contribution in [1.29, 1.82) is 0 Å². The summed E-state index contributed by atoms with van der Waals surface area (Å²) in [5.41, 5.74) is 7.10. The average molecular weight is 500 g/mol. The summed E-state index contributed by atoms with van der Waals surface area (Å²) in [5, 5.41) is 0.692. The van der Waals surface area contributed by atoms with Gasteiger partial charge in [-0.25, -0.2) is 0 Å². The van der Waals surface area contributed by atoms with Crippen molar-refractivity contribution >= 4 is 7.92 Å². The number of hydrogen-bond acceptors (Lipinski definition) is 0. The van der Waals surface area contributed by atoms with Gasteiger partial charge in [0.25, 0.3) is 0 Å². The minimum absolute atomic E-state index is 0. The summed E-state index contributed by atoms with van der Waals surface area (Å²) in [6.45, 7) is 28.7. The van der Waals surface area contributed by atoms with Gasteiger partial charge in [0.1, 0.15) is 0 Å². The fourth-order valence-corrected chi connectivity index (χ4v) is 9.25. The quantitative estimate of drug-likeness (QED) is 0.216. The number of rotatable bonds is 3. The zero-order chi connectivity index (χ0) is 17.7. The zero-order valence-corrected chi connectivity index (χ0v) is 22.1. The molecule has 0 aromatic carbocycles. The Morgan fingerprint density at radius 3 is 1.48 bits per heavy atom. The van der Waals surface area contributed by atoms with E-state index in [9.17, 15) is 0 Å². The molecule has 0 aromatic rings. The van der Waals surface area contributed by atoms with Gasteiger partial charge in [0.2, 0.25) is 0 Å². The molecule has 23 heavy (non-hydrogen) atoms. The van der Waals surface area contributed by atoms with Crippen molar-refractivity contribution in [2.45, 2.75) is 99.1 Å². The van der Waals surface area contributed by atoms with E-state index in [0.717, 1.165) is 0 Å². The predicted octanol–water partition coefficient (Wildman–Crippen LogP) is 7.35. The van der Waals surface area contributed by atoms with Crippen molar-refractivity contribution in [3.8, 4) is 0 Å². The average Bonchev–Trinajstić information content (AvgIpc) is 2.45. The first-order valence-electron chi connectivity index (χ1n) is 8.65. The maximum absolute atomic E-state index is 2.49. The molecule has 1 rings (SSSR count). The smallest absolute Gasteiger partial charge is 0.00531 e. The van der Waals surface area contributed by atoms with Crippen molar-refractivity contribution in [1.82, 2.24) is 0 Å². The Labute approximate surface area is 166 Å². The molecule has 132 valence electrons. The Bertz CT molecular complexity index is 481. The van der Waals surface area contributed by atoms with E-state index in [0.29, 0.717) is 16.0 Å². The van der Waals surface area contributed by atoms with Crippen molar-refractivity contribution in [2.24, 2.45) is 5.41 Å². The largest absolute Gasteiger partial charge is 0.320 e. The van der Waals surface area contributed by atoms with E-state index in [1.54, 1.807) is 16.7 Å². The Balaban J connectivity index is 0.00000484. The topological polar surface area (TPSA) is 0 Å². The molecular formula is C21H38HfP-. The Morgan fingerprint density at radius 1 is 0.870 bits per heavy atom. The molecule has 0 heterocycles. The molecule has 0 amide bonds. The van der Waals surface area contributed by atoms with E-state index in [-0.39, 0.29) is 39.2 Å².